The molecule has 0 spiro atoms. The van der Waals surface area contributed by atoms with E-state index >= 15 is 0 Å². The van der Waals surface area contributed by atoms with Gasteiger partial charge in [0.25, 0.3) is 5.69 Å². The van der Waals surface area contributed by atoms with Crippen LogP contribution in [0.1, 0.15) is 32.0 Å². The van der Waals surface area contributed by atoms with Crippen LogP contribution < -0.4 is 5.73 Å². The van der Waals surface area contributed by atoms with Crippen LogP contribution >= 0.6 is 0 Å². The Morgan fingerprint density at radius 3 is 2.65 bits per heavy atom. The fourth-order valence-electron chi connectivity index (χ4n) is 1.93. The van der Waals surface area contributed by atoms with Gasteiger partial charge in [0.1, 0.15) is 12.2 Å². The van der Waals surface area contributed by atoms with E-state index in [4.69, 9.17) is 10.5 Å². The molecule has 2 rings (SSSR count). The number of esters is 1. The van der Waals surface area contributed by atoms with Crippen molar-refractivity contribution in [2.45, 2.75) is 13.5 Å². The van der Waals surface area contributed by atoms with Crippen LogP contribution in [-0.4, -0.2) is 26.6 Å². The zero-order chi connectivity index (χ0) is 17.1. The monoisotopic (exact) mass is 318 g/mol. The summed E-state index contributed by atoms with van der Waals surface area (Å²) in [5.41, 5.74) is 5.83. The van der Waals surface area contributed by atoms with Gasteiger partial charge in [-0.2, -0.15) is 5.10 Å². The second-order valence-electron chi connectivity index (χ2n) is 4.81. The number of benzene rings is 1. The summed E-state index contributed by atoms with van der Waals surface area (Å²) >= 11 is 0. The van der Waals surface area contributed by atoms with Crippen LogP contribution in [0.2, 0.25) is 0 Å². The molecule has 0 saturated heterocycles. The molecule has 1 aromatic carbocycles. The molecule has 9 nitrogen and oxygen atoms in total. The zero-order valence-corrected chi connectivity index (χ0v) is 12.5. The van der Waals surface area contributed by atoms with Crippen LogP contribution in [0.3, 0.4) is 0 Å². The first kappa shape index (κ1) is 16.1. The van der Waals surface area contributed by atoms with Crippen molar-refractivity contribution in [1.82, 2.24) is 9.78 Å². The molecule has 2 N–H and O–H groups in total. The summed E-state index contributed by atoms with van der Waals surface area (Å²) in [4.78, 5) is 33.5. The second kappa shape index (κ2) is 6.26. The first-order valence-electron chi connectivity index (χ1n) is 6.54. The Labute approximate surface area is 130 Å². The number of carbonyl (C=O) groups excluding carboxylic acids is 2. The zero-order valence-electron chi connectivity index (χ0n) is 12.5. The molecule has 0 aliphatic heterocycles. The van der Waals surface area contributed by atoms with Crippen molar-refractivity contribution in [2.75, 3.05) is 0 Å². The Balaban J connectivity index is 2.20. The first-order valence-corrected chi connectivity index (χ1v) is 6.54. The van der Waals surface area contributed by atoms with Gasteiger partial charge in [0.15, 0.2) is 0 Å². The highest BCUT2D eigenvalue weighted by atomic mass is 16.6. The highest BCUT2D eigenvalue weighted by Crippen LogP contribution is 2.22. The molecule has 120 valence electrons. The highest BCUT2D eigenvalue weighted by molar-refractivity contribution is 5.93. The number of aromatic nitrogens is 2. The summed E-state index contributed by atoms with van der Waals surface area (Å²) in [6, 6.07) is 3.73. The van der Waals surface area contributed by atoms with E-state index < -0.39 is 16.8 Å². The maximum Gasteiger partial charge on any atom is 0.341 e. The van der Waals surface area contributed by atoms with Gasteiger partial charge in [-0.25, -0.2) is 4.79 Å². The summed E-state index contributed by atoms with van der Waals surface area (Å²) in [5, 5.41) is 15.0. The van der Waals surface area contributed by atoms with Crippen molar-refractivity contribution in [3.63, 3.8) is 0 Å². The van der Waals surface area contributed by atoms with E-state index in [1.165, 1.54) is 23.0 Å². The molecule has 2 aromatic rings. The number of amides is 1. The summed E-state index contributed by atoms with van der Waals surface area (Å²) in [7, 11) is 1.68. The molecule has 0 atom stereocenters. The topological polar surface area (TPSA) is 130 Å². The molecular weight excluding hydrogens is 304 g/mol. The Morgan fingerprint density at radius 1 is 1.43 bits per heavy atom. The van der Waals surface area contributed by atoms with E-state index in [9.17, 15) is 19.7 Å². The molecule has 1 aromatic heterocycles. The van der Waals surface area contributed by atoms with Gasteiger partial charge in [0.05, 0.1) is 16.7 Å². The normalized spacial score (nSPS) is 10.3. The third kappa shape index (κ3) is 3.34. The maximum atomic E-state index is 12.0. The minimum Gasteiger partial charge on any atom is -0.457 e. The van der Waals surface area contributed by atoms with Gasteiger partial charge >= 0.3 is 5.97 Å². The number of hydrogen-bond acceptors (Lipinski definition) is 6. The van der Waals surface area contributed by atoms with Crippen LogP contribution in [0.4, 0.5) is 5.69 Å². The number of nitro benzene ring substituents is 1. The molecule has 1 heterocycles. The van der Waals surface area contributed by atoms with Crippen LogP contribution in [-0.2, 0) is 18.4 Å². The third-order valence-corrected chi connectivity index (χ3v) is 3.38. The number of carbonyl (C=O) groups is 2. The number of ether oxygens (including phenoxy) is 1. The number of rotatable bonds is 5. The SMILES string of the molecule is Cc1c(C(=O)OCc2ccc(C(N)=O)cc2[N+](=O)[O-])cnn1C. The van der Waals surface area contributed by atoms with Crippen molar-refractivity contribution in [2.24, 2.45) is 12.8 Å². The molecule has 0 bridgehead atoms. The first-order chi connectivity index (χ1) is 10.8. The lowest BCUT2D eigenvalue weighted by Crippen LogP contribution is -2.12. The van der Waals surface area contributed by atoms with Crippen molar-refractivity contribution >= 4 is 17.6 Å². The molecular formula is C14H14N4O5. The van der Waals surface area contributed by atoms with Gasteiger partial charge in [-0.1, -0.05) is 0 Å². The summed E-state index contributed by atoms with van der Waals surface area (Å²) in [6.07, 6.45) is 1.36. The van der Waals surface area contributed by atoms with Gasteiger partial charge < -0.3 is 10.5 Å². The lowest BCUT2D eigenvalue weighted by atomic mass is 10.1. The van der Waals surface area contributed by atoms with E-state index in [0.717, 1.165) is 6.07 Å². The predicted molar refractivity (Wildman–Crippen MR) is 78.7 cm³/mol. The van der Waals surface area contributed by atoms with Crippen molar-refractivity contribution in [3.05, 3.63) is 56.9 Å². The van der Waals surface area contributed by atoms with Crippen LogP contribution in [0.25, 0.3) is 0 Å². The molecule has 0 aliphatic rings. The molecule has 23 heavy (non-hydrogen) atoms. The number of hydrogen-bond donors (Lipinski definition) is 1. The van der Waals surface area contributed by atoms with Crippen molar-refractivity contribution in [1.29, 1.82) is 0 Å². The fraction of sp³-hybridized carbons (Fsp3) is 0.214. The third-order valence-electron chi connectivity index (χ3n) is 3.38. The van der Waals surface area contributed by atoms with Crippen LogP contribution in [0.5, 0.6) is 0 Å². The van der Waals surface area contributed by atoms with Gasteiger partial charge in [-0.05, 0) is 19.1 Å². The summed E-state index contributed by atoms with van der Waals surface area (Å²) in [5.74, 6) is -1.41. The summed E-state index contributed by atoms with van der Waals surface area (Å²) < 4.78 is 6.60. The molecule has 0 fully saturated rings. The molecule has 0 aliphatic carbocycles. The molecule has 9 heteroatoms. The Bertz CT molecular complexity index is 796. The highest BCUT2D eigenvalue weighted by Gasteiger charge is 2.19. The largest absolute Gasteiger partial charge is 0.457 e. The maximum absolute atomic E-state index is 12.0. The standard InChI is InChI=1S/C14H14N4O5/c1-8-11(6-16-17(8)2)14(20)23-7-10-4-3-9(13(15)19)5-12(10)18(21)22/h3-6H,7H2,1-2H3,(H2,15,19). The smallest absolute Gasteiger partial charge is 0.341 e. The summed E-state index contributed by atoms with van der Waals surface area (Å²) in [6.45, 7) is 1.40. The van der Waals surface area contributed by atoms with E-state index in [2.05, 4.69) is 5.10 Å². The Kier molecular flexibility index (Phi) is 4.39. The fourth-order valence-corrected chi connectivity index (χ4v) is 1.93. The Hall–Kier alpha value is -3.23. The number of primary amides is 1. The quantitative estimate of drug-likeness (QED) is 0.499. The Morgan fingerprint density at radius 2 is 2.13 bits per heavy atom. The molecule has 0 unspecified atom stereocenters. The number of aryl methyl sites for hydroxylation is 1. The van der Waals surface area contributed by atoms with Gasteiger partial charge in [0.2, 0.25) is 5.91 Å². The van der Waals surface area contributed by atoms with Crippen LogP contribution in [0, 0.1) is 17.0 Å². The lowest BCUT2D eigenvalue weighted by Gasteiger charge is -2.06. The number of nitrogens with zero attached hydrogens (tertiary/aromatic N) is 3. The van der Waals surface area contributed by atoms with Crippen molar-refractivity contribution in [3.8, 4) is 0 Å². The molecule has 0 saturated carbocycles. The van der Waals surface area contributed by atoms with Crippen molar-refractivity contribution < 1.29 is 19.2 Å². The number of nitrogens with two attached hydrogens (primary N) is 1. The second-order valence-corrected chi connectivity index (χ2v) is 4.81. The van der Waals surface area contributed by atoms with Gasteiger partial charge in [-0.15, -0.1) is 0 Å². The average molecular weight is 318 g/mol. The van der Waals surface area contributed by atoms with Gasteiger partial charge in [-0.3, -0.25) is 19.6 Å². The average Bonchev–Trinajstić information content (AvgIpc) is 2.84. The van der Waals surface area contributed by atoms with E-state index in [0.29, 0.717) is 5.69 Å². The molecule has 0 radical (unpaired) electrons. The lowest BCUT2D eigenvalue weighted by molar-refractivity contribution is -0.385. The van der Waals surface area contributed by atoms with Gasteiger partial charge in [0, 0.05) is 24.4 Å². The van der Waals surface area contributed by atoms with E-state index in [1.54, 1.807) is 14.0 Å². The number of nitro groups is 1. The van der Waals surface area contributed by atoms with E-state index in [-0.39, 0.29) is 29.0 Å². The predicted octanol–water partition coefficient (Wildman–Crippen LogP) is 1.09. The minimum atomic E-state index is -0.775. The van der Waals surface area contributed by atoms with Crippen LogP contribution in [0.15, 0.2) is 24.4 Å². The molecule has 1 amide bonds. The van der Waals surface area contributed by atoms with E-state index in [1.807, 2.05) is 0 Å². The minimum absolute atomic E-state index is 0.00915.